The fourth-order valence-corrected chi connectivity index (χ4v) is 8.66. The van der Waals surface area contributed by atoms with Crippen LogP contribution in [0, 0.1) is 12.8 Å². The van der Waals surface area contributed by atoms with Crippen LogP contribution >= 0.6 is 0 Å². The number of anilines is 2. The van der Waals surface area contributed by atoms with Crippen molar-refractivity contribution in [2.45, 2.75) is 69.7 Å². The van der Waals surface area contributed by atoms with Crippen molar-refractivity contribution in [1.82, 2.24) is 24.6 Å². The van der Waals surface area contributed by atoms with Crippen LogP contribution in [-0.4, -0.2) is 109 Å². The van der Waals surface area contributed by atoms with Crippen LogP contribution in [0.4, 0.5) is 20.3 Å². The van der Waals surface area contributed by atoms with Gasteiger partial charge in [-0.05, 0) is 44.2 Å². The molecule has 5 atom stereocenters. The molecular formula is C33H45F2N7O3. The Hall–Kier alpha value is -3.09. The number of ether oxygens (including phenoxy) is 2. The summed E-state index contributed by atoms with van der Waals surface area (Å²) in [5.74, 6) is 0.703. The van der Waals surface area contributed by atoms with Crippen LogP contribution in [0.5, 0.6) is 0 Å². The molecule has 244 valence electrons. The lowest BCUT2D eigenvalue weighted by molar-refractivity contribution is -0.143. The van der Waals surface area contributed by atoms with Gasteiger partial charge in [-0.2, -0.15) is 5.10 Å². The minimum atomic E-state index is -2.63. The maximum absolute atomic E-state index is 14.6. The van der Waals surface area contributed by atoms with Crippen LogP contribution in [0.1, 0.15) is 61.2 Å². The first-order valence-corrected chi connectivity index (χ1v) is 16.4. The summed E-state index contributed by atoms with van der Waals surface area (Å²) in [4.78, 5) is 25.6. The van der Waals surface area contributed by atoms with Crippen LogP contribution in [-0.2, 0) is 26.3 Å². The van der Waals surface area contributed by atoms with Gasteiger partial charge in [0.25, 0.3) is 6.43 Å². The van der Waals surface area contributed by atoms with E-state index in [1.54, 1.807) is 7.11 Å². The first-order chi connectivity index (χ1) is 21.8. The maximum atomic E-state index is 14.6. The van der Waals surface area contributed by atoms with Crippen LogP contribution in [0.25, 0.3) is 0 Å². The molecule has 0 aromatic carbocycles. The van der Waals surface area contributed by atoms with Gasteiger partial charge in [0.15, 0.2) is 0 Å². The van der Waals surface area contributed by atoms with Crippen molar-refractivity contribution in [3.8, 4) is 0 Å². The Labute approximate surface area is 263 Å². The highest BCUT2D eigenvalue weighted by atomic mass is 19.3. The smallest absolute Gasteiger partial charge is 0.280 e. The van der Waals surface area contributed by atoms with Gasteiger partial charge in [-0.3, -0.25) is 14.4 Å². The summed E-state index contributed by atoms with van der Waals surface area (Å²) in [6.07, 6.45) is 3.82. The third-order valence-electron chi connectivity index (χ3n) is 11.0. The molecule has 3 fully saturated rings. The van der Waals surface area contributed by atoms with E-state index >= 15 is 0 Å². The van der Waals surface area contributed by atoms with Crippen molar-refractivity contribution in [1.29, 1.82) is 0 Å². The molecule has 0 saturated carbocycles. The summed E-state index contributed by atoms with van der Waals surface area (Å²) in [7, 11) is 1.69. The predicted molar refractivity (Wildman–Crippen MR) is 167 cm³/mol. The summed E-state index contributed by atoms with van der Waals surface area (Å²) < 4.78 is 43.5. The number of hydrogen-bond acceptors (Lipinski definition) is 8. The number of fused-ring (bicyclic) bond motifs is 5. The van der Waals surface area contributed by atoms with Crippen molar-refractivity contribution in [2.75, 3.05) is 75.9 Å². The number of piperazine rings is 1. The first kappa shape index (κ1) is 30.6. The number of piperidine rings is 1. The molecule has 5 aliphatic rings. The minimum Gasteiger partial charge on any atom is -0.382 e. The molecule has 2 aromatic heterocycles. The minimum absolute atomic E-state index is 0.0168. The molecule has 1 spiro atoms. The molecule has 0 bridgehead atoms. The lowest BCUT2D eigenvalue weighted by atomic mass is 9.77. The highest BCUT2D eigenvalue weighted by Gasteiger charge is 2.51. The predicted octanol–water partition coefficient (Wildman–Crippen LogP) is 3.71. The number of aromatic nitrogens is 3. The van der Waals surface area contributed by atoms with Crippen molar-refractivity contribution in [2.24, 2.45) is 5.92 Å². The van der Waals surface area contributed by atoms with Gasteiger partial charge in [-0.15, -0.1) is 0 Å². The van der Waals surface area contributed by atoms with Gasteiger partial charge in [-0.1, -0.05) is 13.5 Å². The van der Waals surface area contributed by atoms with Crippen LogP contribution < -0.4 is 9.80 Å². The molecule has 7 rings (SSSR count). The number of methoxy groups -OCH3 is 1. The standard InChI is InChI=1S/C33H45F2N7O3/c1-5-29(43)39-13-11-38(12-14-39)27-18-41-25(27)8-6-7-24-26(41)15-28(37-30(24)32(34)35)40-10-9-33(22(3)17-40)31-21(2)16-36-42(31)23(19-44-4)20-45-33/h5,15-16,22-23,25,27,32H,1,6-14,17-20H2,2-4H3. The number of aryl methyl sites for hydroxylation is 1. The number of hydrogen-bond donors (Lipinski definition) is 0. The molecule has 10 nitrogen and oxygen atoms in total. The van der Waals surface area contributed by atoms with Crippen molar-refractivity contribution in [3.05, 3.63) is 47.4 Å². The number of alkyl halides is 2. The zero-order valence-electron chi connectivity index (χ0n) is 26.6. The second kappa shape index (κ2) is 11.9. The molecule has 0 radical (unpaired) electrons. The van der Waals surface area contributed by atoms with Crippen molar-refractivity contribution in [3.63, 3.8) is 0 Å². The average molecular weight is 626 g/mol. The lowest BCUT2D eigenvalue weighted by Gasteiger charge is -2.55. The largest absolute Gasteiger partial charge is 0.382 e. The third kappa shape index (κ3) is 5.04. The van der Waals surface area contributed by atoms with Crippen molar-refractivity contribution < 1.29 is 23.0 Å². The number of carbonyl (C=O) groups excluding carboxylic acids is 1. The Morgan fingerprint density at radius 2 is 2.02 bits per heavy atom. The topological polar surface area (TPSA) is 79.2 Å². The zero-order valence-corrected chi connectivity index (χ0v) is 26.6. The molecule has 3 saturated heterocycles. The van der Waals surface area contributed by atoms with Crippen LogP contribution in [0.15, 0.2) is 24.9 Å². The Balaban J connectivity index is 1.12. The summed E-state index contributed by atoms with van der Waals surface area (Å²) in [5, 5.41) is 4.70. The quantitative estimate of drug-likeness (QED) is 0.450. The summed E-state index contributed by atoms with van der Waals surface area (Å²) in [5.41, 5.74) is 3.28. The van der Waals surface area contributed by atoms with Gasteiger partial charge in [0.05, 0.1) is 31.1 Å². The van der Waals surface area contributed by atoms with E-state index in [4.69, 9.17) is 14.6 Å². The van der Waals surface area contributed by atoms with E-state index in [0.717, 1.165) is 55.8 Å². The maximum Gasteiger partial charge on any atom is 0.280 e. The van der Waals surface area contributed by atoms with Crippen LogP contribution in [0.3, 0.4) is 0 Å². The van der Waals surface area contributed by atoms with Crippen molar-refractivity contribution >= 4 is 17.4 Å². The van der Waals surface area contributed by atoms with Gasteiger partial charge in [0.1, 0.15) is 17.1 Å². The van der Waals surface area contributed by atoms with E-state index in [2.05, 4.69) is 50.9 Å². The molecule has 5 aliphatic heterocycles. The number of halogens is 2. The number of carbonyl (C=O) groups is 1. The monoisotopic (exact) mass is 625 g/mol. The Bertz CT molecular complexity index is 1440. The van der Waals surface area contributed by atoms with E-state index in [1.165, 1.54) is 6.08 Å². The molecule has 7 heterocycles. The molecule has 5 unspecified atom stereocenters. The summed E-state index contributed by atoms with van der Waals surface area (Å²) in [6.45, 7) is 14.1. The number of amides is 1. The summed E-state index contributed by atoms with van der Waals surface area (Å²) >= 11 is 0. The number of rotatable bonds is 6. The van der Waals surface area contributed by atoms with E-state index < -0.39 is 12.0 Å². The molecule has 1 amide bonds. The van der Waals surface area contributed by atoms with E-state index in [-0.39, 0.29) is 29.6 Å². The van der Waals surface area contributed by atoms with Gasteiger partial charge in [0.2, 0.25) is 5.91 Å². The number of nitrogens with zero attached hydrogens (tertiary/aromatic N) is 7. The fraction of sp³-hybridized carbons (Fsp3) is 0.667. The molecule has 12 heteroatoms. The van der Waals surface area contributed by atoms with E-state index in [9.17, 15) is 13.6 Å². The molecular weight excluding hydrogens is 580 g/mol. The molecule has 0 N–H and O–H groups in total. The van der Waals surface area contributed by atoms with Gasteiger partial charge in [0, 0.05) is 88.2 Å². The second-order valence-electron chi connectivity index (χ2n) is 13.4. The van der Waals surface area contributed by atoms with E-state index in [0.29, 0.717) is 63.2 Å². The normalized spacial score (nSPS) is 30.0. The van der Waals surface area contributed by atoms with Gasteiger partial charge in [-0.25, -0.2) is 13.8 Å². The Kier molecular flexibility index (Phi) is 8.10. The summed E-state index contributed by atoms with van der Waals surface area (Å²) in [6, 6.07) is 2.74. The SMILES string of the molecule is C=CC(=O)N1CCN(C2CN3c4cc(N5CCC6(OCC(COC)n7ncc(C)c76)C(C)C5)nc(C(F)F)c4CCCC23)CC1. The molecule has 45 heavy (non-hydrogen) atoms. The lowest BCUT2D eigenvalue weighted by Crippen LogP contribution is -2.69. The first-order valence-electron chi connectivity index (χ1n) is 16.4. The Morgan fingerprint density at radius 1 is 1.22 bits per heavy atom. The van der Waals surface area contributed by atoms with E-state index in [1.807, 2.05) is 11.1 Å². The van der Waals surface area contributed by atoms with Crippen LogP contribution in [0.2, 0.25) is 0 Å². The highest BCUT2D eigenvalue weighted by Crippen LogP contribution is 2.48. The number of pyridine rings is 1. The zero-order chi connectivity index (χ0) is 31.5. The molecule has 0 aliphatic carbocycles. The second-order valence-corrected chi connectivity index (χ2v) is 13.4. The Morgan fingerprint density at radius 3 is 2.73 bits per heavy atom. The van der Waals surface area contributed by atoms with Gasteiger partial charge < -0.3 is 24.2 Å². The fourth-order valence-electron chi connectivity index (χ4n) is 8.66. The van der Waals surface area contributed by atoms with Gasteiger partial charge >= 0.3 is 0 Å². The third-order valence-corrected chi connectivity index (χ3v) is 11.0. The average Bonchev–Trinajstić information content (AvgIpc) is 3.37. The highest BCUT2D eigenvalue weighted by molar-refractivity contribution is 5.87. The molecule has 2 aromatic rings.